The second-order valence-corrected chi connectivity index (χ2v) is 7.54. The van der Waals surface area contributed by atoms with Gasteiger partial charge in [0.1, 0.15) is 0 Å². The minimum absolute atomic E-state index is 0.0745. The number of rotatable bonds is 3. The van der Waals surface area contributed by atoms with Crippen LogP contribution in [0.1, 0.15) is 29.5 Å². The zero-order valence-corrected chi connectivity index (χ0v) is 14.0. The van der Waals surface area contributed by atoms with Crippen molar-refractivity contribution >= 4 is 27.3 Å². The molecule has 120 valence electrons. The zero-order valence-electron chi connectivity index (χ0n) is 13.2. The SMILES string of the molecule is Cc1ccc(C)c(S(=O)(=O)Nc2ccc3c(c2)C(C)C(=O)N3)c1. The lowest BCUT2D eigenvalue weighted by Crippen LogP contribution is -2.14. The molecule has 1 aliphatic heterocycles. The number of amides is 1. The van der Waals surface area contributed by atoms with E-state index < -0.39 is 10.0 Å². The summed E-state index contributed by atoms with van der Waals surface area (Å²) in [4.78, 5) is 11.9. The largest absolute Gasteiger partial charge is 0.325 e. The van der Waals surface area contributed by atoms with E-state index in [1.807, 2.05) is 13.0 Å². The van der Waals surface area contributed by atoms with Crippen LogP contribution in [-0.4, -0.2) is 14.3 Å². The van der Waals surface area contributed by atoms with E-state index in [0.717, 1.165) is 16.8 Å². The van der Waals surface area contributed by atoms with E-state index in [1.54, 1.807) is 44.2 Å². The molecule has 1 amide bonds. The number of anilines is 2. The Labute approximate surface area is 135 Å². The molecule has 2 N–H and O–H groups in total. The summed E-state index contributed by atoms with van der Waals surface area (Å²) in [7, 11) is -3.67. The van der Waals surface area contributed by atoms with E-state index in [0.29, 0.717) is 11.3 Å². The van der Waals surface area contributed by atoms with Gasteiger partial charge in [0, 0.05) is 11.4 Å². The van der Waals surface area contributed by atoms with E-state index in [-0.39, 0.29) is 16.7 Å². The normalized spacial score (nSPS) is 16.8. The van der Waals surface area contributed by atoms with Crippen LogP contribution in [0.5, 0.6) is 0 Å². The maximum Gasteiger partial charge on any atom is 0.262 e. The molecule has 3 rings (SSSR count). The van der Waals surface area contributed by atoms with Crippen LogP contribution in [0.4, 0.5) is 11.4 Å². The maximum atomic E-state index is 12.6. The van der Waals surface area contributed by atoms with Crippen molar-refractivity contribution in [3.63, 3.8) is 0 Å². The summed E-state index contributed by atoms with van der Waals surface area (Å²) in [5, 5.41) is 2.77. The third-order valence-electron chi connectivity index (χ3n) is 4.05. The Balaban J connectivity index is 1.96. The lowest BCUT2D eigenvalue weighted by atomic mass is 10.0. The molecule has 0 radical (unpaired) electrons. The fourth-order valence-corrected chi connectivity index (χ4v) is 4.07. The van der Waals surface area contributed by atoms with Crippen LogP contribution >= 0.6 is 0 Å². The van der Waals surface area contributed by atoms with Gasteiger partial charge in [-0.25, -0.2) is 8.42 Å². The highest BCUT2D eigenvalue weighted by Gasteiger charge is 2.27. The van der Waals surface area contributed by atoms with Gasteiger partial charge in [0.2, 0.25) is 5.91 Å². The highest BCUT2D eigenvalue weighted by atomic mass is 32.2. The third-order valence-corrected chi connectivity index (χ3v) is 5.58. The fourth-order valence-electron chi connectivity index (χ4n) is 2.69. The standard InChI is InChI=1S/C17H18N2O3S/c1-10-4-5-11(2)16(8-10)23(21,22)19-13-6-7-15-14(9-13)12(3)17(20)18-15/h4-9,12,19H,1-3H3,(H,18,20). The zero-order chi connectivity index (χ0) is 16.8. The summed E-state index contributed by atoms with van der Waals surface area (Å²) >= 11 is 0. The summed E-state index contributed by atoms with van der Waals surface area (Å²) in [6.45, 7) is 5.42. The highest BCUT2D eigenvalue weighted by molar-refractivity contribution is 7.92. The van der Waals surface area contributed by atoms with Gasteiger partial charge >= 0.3 is 0 Å². The summed E-state index contributed by atoms with van der Waals surface area (Å²) < 4.78 is 27.9. The van der Waals surface area contributed by atoms with Crippen LogP contribution in [0, 0.1) is 13.8 Å². The highest BCUT2D eigenvalue weighted by Crippen LogP contribution is 2.34. The Morgan fingerprint density at radius 2 is 1.83 bits per heavy atom. The van der Waals surface area contributed by atoms with Crippen molar-refractivity contribution in [3.8, 4) is 0 Å². The molecular formula is C17H18N2O3S. The first kappa shape index (κ1) is 15.6. The molecule has 1 unspecified atom stereocenters. The van der Waals surface area contributed by atoms with Crippen molar-refractivity contribution in [2.75, 3.05) is 10.0 Å². The van der Waals surface area contributed by atoms with E-state index in [2.05, 4.69) is 10.0 Å². The van der Waals surface area contributed by atoms with Gasteiger partial charge in [0.15, 0.2) is 0 Å². The average molecular weight is 330 g/mol. The predicted molar refractivity (Wildman–Crippen MR) is 90.2 cm³/mol. The van der Waals surface area contributed by atoms with Crippen LogP contribution in [0.15, 0.2) is 41.3 Å². The average Bonchev–Trinajstić information content (AvgIpc) is 2.76. The molecule has 0 aliphatic carbocycles. The molecule has 1 atom stereocenters. The summed E-state index contributed by atoms with van der Waals surface area (Å²) in [5.41, 5.74) is 3.56. The van der Waals surface area contributed by atoms with E-state index in [1.165, 1.54) is 0 Å². The molecule has 23 heavy (non-hydrogen) atoms. The molecule has 0 saturated heterocycles. The maximum absolute atomic E-state index is 12.6. The lowest BCUT2D eigenvalue weighted by Gasteiger charge is -2.12. The van der Waals surface area contributed by atoms with Gasteiger partial charge in [-0.2, -0.15) is 0 Å². The number of aryl methyl sites for hydroxylation is 2. The smallest absolute Gasteiger partial charge is 0.262 e. The number of sulfonamides is 1. The van der Waals surface area contributed by atoms with Crippen molar-refractivity contribution in [1.82, 2.24) is 0 Å². The topological polar surface area (TPSA) is 75.3 Å². The van der Waals surface area contributed by atoms with Crippen molar-refractivity contribution in [2.24, 2.45) is 0 Å². The molecule has 0 aromatic heterocycles. The van der Waals surface area contributed by atoms with Gasteiger partial charge < -0.3 is 5.32 Å². The quantitative estimate of drug-likeness (QED) is 0.908. The van der Waals surface area contributed by atoms with Gasteiger partial charge in [-0.05, 0) is 61.7 Å². The van der Waals surface area contributed by atoms with E-state index in [9.17, 15) is 13.2 Å². The molecule has 0 fully saturated rings. The van der Waals surface area contributed by atoms with Crippen molar-refractivity contribution < 1.29 is 13.2 Å². The van der Waals surface area contributed by atoms with Gasteiger partial charge in [-0.15, -0.1) is 0 Å². The number of carbonyl (C=O) groups is 1. The number of carbonyl (C=O) groups excluding carboxylic acids is 1. The summed E-state index contributed by atoms with van der Waals surface area (Å²) in [6, 6.07) is 10.4. The molecule has 1 aliphatic rings. The first-order valence-corrected chi connectivity index (χ1v) is 8.81. The van der Waals surface area contributed by atoms with Crippen LogP contribution in [0.3, 0.4) is 0 Å². The molecule has 0 bridgehead atoms. The van der Waals surface area contributed by atoms with Gasteiger partial charge in [0.25, 0.3) is 10.0 Å². The van der Waals surface area contributed by atoms with Gasteiger partial charge in [-0.3, -0.25) is 9.52 Å². The van der Waals surface area contributed by atoms with Crippen LogP contribution in [0.2, 0.25) is 0 Å². The molecule has 1 heterocycles. The van der Waals surface area contributed by atoms with Crippen molar-refractivity contribution in [3.05, 3.63) is 53.1 Å². The summed E-state index contributed by atoms with van der Waals surface area (Å²) in [5.74, 6) is -0.357. The summed E-state index contributed by atoms with van der Waals surface area (Å²) in [6.07, 6.45) is 0. The van der Waals surface area contributed by atoms with Crippen molar-refractivity contribution in [2.45, 2.75) is 31.6 Å². The van der Waals surface area contributed by atoms with Gasteiger partial charge in [0.05, 0.1) is 10.8 Å². The predicted octanol–water partition coefficient (Wildman–Crippen LogP) is 3.16. The molecule has 2 aromatic carbocycles. The number of nitrogens with one attached hydrogen (secondary N) is 2. The number of fused-ring (bicyclic) bond motifs is 1. The lowest BCUT2D eigenvalue weighted by molar-refractivity contribution is -0.116. The number of hydrogen-bond acceptors (Lipinski definition) is 3. The minimum Gasteiger partial charge on any atom is -0.325 e. The molecule has 0 spiro atoms. The van der Waals surface area contributed by atoms with Crippen LogP contribution in [-0.2, 0) is 14.8 Å². The Hall–Kier alpha value is -2.34. The second kappa shape index (κ2) is 5.38. The molecule has 0 saturated carbocycles. The minimum atomic E-state index is -3.67. The number of benzene rings is 2. The first-order chi connectivity index (χ1) is 10.8. The van der Waals surface area contributed by atoms with E-state index >= 15 is 0 Å². The molecule has 2 aromatic rings. The Kier molecular flexibility index (Phi) is 3.64. The van der Waals surface area contributed by atoms with Crippen LogP contribution in [0.25, 0.3) is 0 Å². The Morgan fingerprint density at radius 3 is 2.57 bits per heavy atom. The molecule has 6 heteroatoms. The Bertz CT molecular complexity index is 904. The number of hydrogen-bond donors (Lipinski definition) is 2. The monoisotopic (exact) mass is 330 g/mol. The second-order valence-electron chi connectivity index (χ2n) is 5.89. The van der Waals surface area contributed by atoms with Crippen LogP contribution < -0.4 is 10.0 Å². The first-order valence-electron chi connectivity index (χ1n) is 7.33. The fraction of sp³-hybridized carbons (Fsp3) is 0.235. The van der Waals surface area contributed by atoms with E-state index in [4.69, 9.17) is 0 Å². The molecular weight excluding hydrogens is 312 g/mol. The Morgan fingerprint density at radius 1 is 1.09 bits per heavy atom. The van der Waals surface area contributed by atoms with Crippen molar-refractivity contribution in [1.29, 1.82) is 0 Å². The third kappa shape index (κ3) is 2.82. The molecule has 5 nitrogen and oxygen atoms in total. The van der Waals surface area contributed by atoms with Gasteiger partial charge in [-0.1, -0.05) is 12.1 Å².